The highest BCUT2D eigenvalue weighted by atomic mass is 19.1. The lowest BCUT2D eigenvalue weighted by Crippen LogP contribution is -2.39. The van der Waals surface area contributed by atoms with E-state index < -0.39 is 23.4 Å². The summed E-state index contributed by atoms with van der Waals surface area (Å²) in [6.45, 7) is -0.526. The number of rotatable bonds is 5. The van der Waals surface area contributed by atoms with E-state index in [1.165, 1.54) is 6.07 Å². The Morgan fingerprint density at radius 1 is 1.17 bits per heavy atom. The van der Waals surface area contributed by atoms with Crippen LogP contribution in [0.3, 0.4) is 0 Å². The van der Waals surface area contributed by atoms with Crippen LogP contribution in [-0.4, -0.2) is 24.9 Å². The molecule has 0 bridgehead atoms. The second kappa shape index (κ2) is 6.65. The van der Waals surface area contributed by atoms with Crippen LogP contribution in [0.1, 0.15) is 5.56 Å². The van der Waals surface area contributed by atoms with Crippen molar-refractivity contribution in [1.29, 1.82) is 0 Å². The molecule has 0 spiro atoms. The molecule has 0 aromatic heterocycles. The molecule has 0 atom stereocenters. The number of nitrogens with one attached hydrogen (secondary N) is 2. The predicted molar refractivity (Wildman–Crippen MR) is 60.3 cm³/mol. The molecule has 0 radical (unpaired) electrons. The van der Waals surface area contributed by atoms with Gasteiger partial charge in [0.2, 0.25) is 11.8 Å². The first-order chi connectivity index (χ1) is 8.52. The molecule has 0 aliphatic carbocycles. The van der Waals surface area contributed by atoms with Crippen molar-refractivity contribution in [3.8, 4) is 0 Å². The number of carbonyl (C=O) groups is 2. The normalized spacial score (nSPS) is 9.94. The molecule has 0 saturated heterocycles. The topological polar surface area (TPSA) is 84.2 Å². The fourth-order valence-electron chi connectivity index (χ4n) is 1.17. The first kappa shape index (κ1) is 14.0. The summed E-state index contributed by atoms with van der Waals surface area (Å²) in [7, 11) is 0. The highest BCUT2D eigenvalue weighted by molar-refractivity contribution is 5.85. The molecule has 1 aromatic rings. The number of carbonyl (C=O) groups excluding carboxylic acids is 2. The standard InChI is InChI=1S/C11H13F2N3O2/c12-8-2-1-7(9(13)3-8)5-15-11(18)6-16-10(17)4-14/h1-3H,4-6,14H2,(H,15,18)(H,16,17). The van der Waals surface area contributed by atoms with Gasteiger partial charge in [-0.05, 0) is 6.07 Å². The molecule has 4 N–H and O–H groups in total. The summed E-state index contributed by atoms with van der Waals surface area (Å²) in [6, 6.07) is 3.07. The van der Waals surface area contributed by atoms with Crippen LogP contribution in [0.5, 0.6) is 0 Å². The Hall–Kier alpha value is -2.02. The summed E-state index contributed by atoms with van der Waals surface area (Å²) in [6.07, 6.45) is 0. The number of amides is 2. The van der Waals surface area contributed by atoms with Gasteiger partial charge in [-0.15, -0.1) is 0 Å². The molecule has 7 heteroatoms. The Labute approximate surface area is 102 Å². The number of halogens is 2. The van der Waals surface area contributed by atoms with Crippen molar-refractivity contribution in [3.63, 3.8) is 0 Å². The summed E-state index contributed by atoms with van der Waals surface area (Å²) in [5.74, 6) is -2.36. The number of hydrogen-bond acceptors (Lipinski definition) is 3. The molecular formula is C11H13F2N3O2. The Bertz CT molecular complexity index is 452. The van der Waals surface area contributed by atoms with Crippen LogP contribution in [-0.2, 0) is 16.1 Å². The largest absolute Gasteiger partial charge is 0.350 e. The number of nitrogens with two attached hydrogens (primary N) is 1. The molecule has 0 heterocycles. The molecule has 5 nitrogen and oxygen atoms in total. The van der Waals surface area contributed by atoms with Gasteiger partial charge in [-0.1, -0.05) is 6.07 Å². The molecule has 0 fully saturated rings. The van der Waals surface area contributed by atoms with Crippen LogP contribution in [0.2, 0.25) is 0 Å². The predicted octanol–water partition coefficient (Wildman–Crippen LogP) is -0.344. The van der Waals surface area contributed by atoms with Crippen molar-refractivity contribution >= 4 is 11.8 Å². The van der Waals surface area contributed by atoms with Crippen molar-refractivity contribution in [2.24, 2.45) is 5.73 Å². The third kappa shape index (κ3) is 4.46. The highest BCUT2D eigenvalue weighted by Gasteiger charge is 2.07. The van der Waals surface area contributed by atoms with E-state index in [9.17, 15) is 18.4 Å². The van der Waals surface area contributed by atoms with E-state index in [-0.39, 0.29) is 25.2 Å². The maximum absolute atomic E-state index is 13.2. The zero-order chi connectivity index (χ0) is 13.5. The van der Waals surface area contributed by atoms with Crippen molar-refractivity contribution in [2.75, 3.05) is 13.1 Å². The zero-order valence-corrected chi connectivity index (χ0v) is 9.50. The van der Waals surface area contributed by atoms with Crippen molar-refractivity contribution in [2.45, 2.75) is 6.54 Å². The van der Waals surface area contributed by atoms with Gasteiger partial charge in [0.25, 0.3) is 0 Å². The molecule has 1 rings (SSSR count). The van der Waals surface area contributed by atoms with Gasteiger partial charge in [0.15, 0.2) is 0 Å². The Balaban J connectivity index is 2.40. The Kier molecular flexibility index (Phi) is 5.19. The molecule has 0 aliphatic heterocycles. The van der Waals surface area contributed by atoms with Crippen LogP contribution < -0.4 is 16.4 Å². The van der Waals surface area contributed by atoms with Crippen LogP contribution in [0.4, 0.5) is 8.78 Å². The van der Waals surface area contributed by atoms with Gasteiger partial charge in [0.05, 0.1) is 13.1 Å². The van der Waals surface area contributed by atoms with Gasteiger partial charge in [-0.2, -0.15) is 0 Å². The minimum absolute atomic E-state index is 0.0799. The maximum atomic E-state index is 13.2. The lowest BCUT2D eigenvalue weighted by atomic mass is 10.2. The Morgan fingerprint density at radius 3 is 2.50 bits per heavy atom. The Morgan fingerprint density at radius 2 is 1.89 bits per heavy atom. The lowest BCUT2D eigenvalue weighted by molar-refractivity contribution is -0.125. The fraction of sp³-hybridized carbons (Fsp3) is 0.273. The number of benzene rings is 1. The van der Waals surface area contributed by atoms with Gasteiger partial charge in [-0.3, -0.25) is 9.59 Å². The molecule has 0 unspecified atom stereocenters. The van der Waals surface area contributed by atoms with Crippen molar-refractivity contribution in [3.05, 3.63) is 35.4 Å². The monoisotopic (exact) mass is 257 g/mol. The van der Waals surface area contributed by atoms with E-state index in [0.29, 0.717) is 0 Å². The molecule has 1 aromatic carbocycles. The van der Waals surface area contributed by atoms with Crippen molar-refractivity contribution < 1.29 is 18.4 Å². The van der Waals surface area contributed by atoms with Gasteiger partial charge in [-0.25, -0.2) is 8.78 Å². The first-order valence-electron chi connectivity index (χ1n) is 5.20. The third-order valence-corrected chi connectivity index (χ3v) is 2.12. The molecule has 0 aliphatic rings. The maximum Gasteiger partial charge on any atom is 0.239 e. The van der Waals surface area contributed by atoms with Crippen LogP contribution in [0, 0.1) is 11.6 Å². The summed E-state index contributed by atoms with van der Waals surface area (Å²) < 4.78 is 25.8. The fourth-order valence-corrected chi connectivity index (χ4v) is 1.17. The molecular weight excluding hydrogens is 244 g/mol. The zero-order valence-electron chi connectivity index (χ0n) is 9.50. The van der Waals surface area contributed by atoms with Gasteiger partial charge in [0, 0.05) is 18.2 Å². The first-order valence-corrected chi connectivity index (χ1v) is 5.20. The lowest BCUT2D eigenvalue weighted by Gasteiger charge is -2.07. The van der Waals surface area contributed by atoms with E-state index in [1.807, 2.05) is 0 Å². The molecule has 0 saturated carbocycles. The summed E-state index contributed by atoms with van der Waals surface area (Å²) in [5, 5.41) is 4.64. The second-order valence-corrected chi connectivity index (χ2v) is 3.49. The number of hydrogen-bond donors (Lipinski definition) is 3. The van der Waals surface area contributed by atoms with E-state index in [2.05, 4.69) is 10.6 Å². The van der Waals surface area contributed by atoms with Gasteiger partial charge < -0.3 is 16.4 Å². The van der Waals surface area contributed by atoms with Crippen LogP contribution in [0.25, 0.3) is 0 Å². The minimum Gasteiger partial charge on any atom is -0.350 e. The molecule has 18 heavy (non-hydrogen) atoms. The average Bonchev–Trinajstić information content (AvgIpc) is 2.34. The SMILES string of the molecule is NCC(=O)NCC(=O)NCc1ccc(F)cc1F. The summed E-state index contributed by atoms with van der Waals surface area (Å²) in [4.78, 5) is 22.0. The highest BCUT2D eigenvalue weighted by Crippen LogP contribution is 2.08. The minimum atomic E-state index is -0.735. The van der Waals surface area contributed by atoms with E-state index >= 15 is 0 Å². The average molecular weight is 257 g/mol. The van der Waals surface area contributed by atoms with E-state index in [1.54, 1.807) is 0 Å². The second-order valence-electron chi connectivity index (χ2n) is 3.49. The van der Waals surface area contributed by atoms with Gasteiger partial charge in [0.1, 0.15) is 11.6 Å². The smallest absolute Gasteiger partial charge is 0.239 e. The summed E-state index contributed by atoms with van der Waals surface area (Å²) >= 11 is 0. The van der Waals surface area contributed by atoms with Gasteiger partial charge >= 0.3 is 0 Å². The third-order valence-electron chi connectivity index (χ3n) is 2.12. The molecule has 98 valence electrons. The van der Waals surface area contributed by atoms with Crippen LogP contribution >= 0.6 is 0 Å². The van der Waals surface area contributed by atoms with Crippen LogP contribution in [0.15, 0.2) is 18.2 Å². The molecule has 2 amide bonds. The summed E-state index contributed by atoms with van der Waals surface area (Å²) in [5.41, 5.74) is 5.19. The van der Waals surface area contributed by atoms with E-state index in [0.717, 1.165) is 12.1 Å². The quantitative estimate of drug-likeness (QED) is 0.674. The van der Waals surface area contributed by atoms with Crippen molar-refractivity contribution in [1.82, 2.24) is 10.6 Å². The van der Waals surface area contributed by atoms with E-state index in [4.69, 9.17) is 5.73 Å².